The molecule has 22 heavy (non-hydrogen) atoms. The number of aryl methyl sites for hydroxylation is 1. The molecule has 0 amide bonds. The summed E-state index contributed by atoms with van der Waals surface area (Å²) in [6.07, 6.45) is 1.32. The van der Waals surface area contributed by atoms with Crippen molar-refractivity contribution >= 4 is 10.0 Å². The van der Waals surface area contributed by atoms with E-state index in [-0.39, 0.29) is 17.0 Å². The third-order valence-electron chi connectivity index (χ3n) is 3.33. The number of ether oxygens (including phenoxy) is 1. The summed E-state index contributed by atoms with van der Waals surface area (Å²) in [5, 5.41) is 0. The number of nitrogens with zero attached hydrogens (tertiary/aromatic N) is 2. The minimum absolute atomic E-state index is 0.0885. The molecule has 1 heterocycles. The molecule has 0 radical (unpaired) electrons. The van der Waals surface area contributed by atoms with Crippen LogP contribution in [0.5, 0.6) is 5.75 Å². The summed E-state index contributed by atoms with van der Waals surface area (Å²) >= 11 is 0. The maximum absolute atomic E-state index is 12.5. The lowest BCUT2D eigenvalue weighted by atomic mass is 10.2. The Labute approximate surface area is 129 Å². The fourth-order valence-electron chi connectivity index (χ4n) is 1.97. The van der Waals surface area contributed by atoms with Crippen molar-refractivity contribution in [1.29, 1.82) is 0 Å². The number of methoxy groups -OCH3 is 1. The molecule has 0 spiro atoms. The van der Waals surface area contributed by atoms with Crippen LogP contribution in [0, 0.1) is 0 Å². The van der Waals surface area contributed by atoms with E-state index in [2.05, 4.69) is 0 Å². The first-order chi connectivity index (χ1) is 10.3. The zero-order chi connectivity index (χ0) is 16.3. The molecule has 118 valence electrons. The third kappa shape index (κ3) is 3.37. The van der Waals surface area contributed by atoms with Crippen LogP contribution in [0.25, 0.3) is 0 Å². The third-order valence-corrected chi connectivity index (χ3v) is 5.12. The van der Waals surface area contributed by atoms with Crippen LogP contribution in [0.15, 0.2) is 52.3 Å². The van der Waals surface area contributed by atoms with E-state index < -0.39 is 10.0 Å². The van der Waals surface area contributed by atoms with Crippen molar-refractivity contribution < 1.29 is 13.2 Å². The lowest BCUT2D eigenvalue weighted by Crippen LogP contribution is -2.28. The van der Waals surface area contributed by atoms with Crippen molar-refractivity contribution in [2.24, 2.45) is 7.05 Å². The predicted octanol–water partition coefficient (Wildman–Crippen LogP) is 1.21. The van der Waals surface area contributed by atoms with E-state index in [9.17, 15) is 13.2 Å². The lowest BCUT2D eigenvalue weighted by molar-refractivity contribution is 0.414. The number of rotatable bonds is 5. The summed E-state index contributed by atoms with van der Waals surface area (Å²) in [6.45, 7) is 0.231. The van der Waals surface area contributed by atoms with Gasteiger partial charge in [-0.25, -0.2) is 8.42 Å². The highest BCUT2D eigenvalue weighted by atomic mass is 32.2. The van der Waals surface area contributed by atoms with Crippen LogP contribution < -0.4 is 10.3 Å². The van der Waals surface area contributed by atoms with Gasteiger partial charge in [-0.15, -0.1) is 0 Å². The van der Waals surface area contributed by atoms with Crippen LogP contribution in [0.2, 0.25) is 0 Å². The first-order valence-corrected chi connectivity index (χ1v) is 8.04. The van der Waals surface area contributed by atoms with Gasteiger partial charge in [-0.1, -0.05) is 12.1 Å². The van der Waals surface area contributed by atoms with Gasteiger partial charge in [-0.2, -0.15) is 4.31 Å². The molecule has 0 saturated carbocycles. The van der Waals surface area contributed by atoms with E-state index in [0.717, 1.165) is 5.56 Å². The Balaban J connectivity index is 2.24. The molecule has 0 bridgehead atoms. The van der Waals surface area contributed by atoms with Gasteiger partial charge in [-0.3, -0.25) is 4.79 Å². The first kappa shape index (κ1) is 16.3. The number of benzene rings is 1. The van der Waals surface area contributed by atoms with Gasteiger partial charge in [0, 0.05) is 32.9 Å². The van der Waals surface area contributed by atoms with Crippen LogP contribution in [-0.4, -0.2) is 31.4 Å². The van der Waals surface area contributed by atoms with Crippen molar-refractivity contribution in [3.8, 4) is 5.75 Å². The summed E-state index contributed by atoms with van der Waals surface area (Å²) in [6, 6.07) is 9.75. The summed E-state index contributed by atoms with van der Waals surface area (Å²) in [7, 11) is 0.948. The standard InChI is InChI=1S/C15H18N2O4S/c1-16-11-14(8-9-15(16)18)22(19,20)17(2)10-12-4-6-13(21-3)7-5-12/h4-9,11H,10H2,1-3H3. The lowest BCUT2D eigenvalue weighted by Gasteiger charge is -2.17. The molecule has 0 fully saturated rings. The number of hydrogen-bond acceptors (Lipinski definition) is 4. The highest BCUT2D eigenvalue weighted by Crippen LogP contribution is 2.17. The number of sulfonamides is 1. The van der Waals surface area contributed by atoms with E-state index in [0.29, 0.717) is 5.75 Å². The molecule has 0 aliphatic heterocycles. The van der Waals surface area contributed by atoms with E-state index in [1.807, 2.05) is 12.1 Å². The Morgan fingerprint density at radius 1 is 1.14 bits per heavy atom. The molecule has 1 aromatic heterocycles. The maximum Gasteiger partial charge on any atom is 0.250 e. The molecule has 6 nitrogen and oxygen atoms in total. The van der Waals surface area contributed by atoms with Gasteiger partial charge >= 0.3 is 0 Å². The molecule has 7 heteroatoms. The quantitative estimate of drug-likeness (QED) is 0.830. The van der Waals surface area contributed by atoms with Crippen molar-refractivity contribution in [3.63, 3.8) is 0 Å². The molecular formula is C15H18N2O4S. The second kappa shape index (κ2) is 6.33. The molecule has 0 saturated heterocycles. The minimum Gasteiger partial charge on any atom is -0.497 e. The maximum atomic E-state index is 12.5. The molecule has 2 rings (SSSR count). The zero-order valence-electron chi connectivity index (χ0n) is 12.7. The summed E-state index contributed by atoms with van der Waals surface area (Å²) in [5.41, 5.74) is 0.591. The fourth-order valence-corrected chi connectivity index (χ4v) is 3.18. The normalized spacial score (nSPS) is 11.6. The summed E-state index contributed by atoms with van der Waals surface area (Å²) in [4.78, 5) is 11.5. The SMILES string of the molecule is COc1ccc(CN(C)S(=O)(=O)c2ccc(=O)n(C)c2)cc1. The van der Waals surface area contributed by atoms with E-state index in [1.165, 1.54) is 41.3 Å². The van der Waals surface area contributed by atoms with Crippen LogP contribution in [0.3, 0.4) is 0 Å². The fraction of sp³-hybridized carbons (Fsp3) is 0.267. The van der Waals surface area contributed by atoms with Gasteiger partial charge in [0.2, 0.25) is 15.6 Å². The van der Waals surface area contributed by atoms with Gasteiger partial charge in [0.15, 0.2) is 0 Å². The highest BCUT2D eigenvalue weighted by Gasteiger charge is 2.21. The number of aromatic nitrogens is 1. The zero-order valence-corrected chi connectivity index (χ0v) is 13.5. The molecule has 0 atom stereocenters. The topological polar surface area (TPSA) is 68.6 Å². The summed E-state index contributed by atoms with van der Waals surface area (Å²) in [5.74, 6) is 0.715. The van der Waals surface area contributed by atoms with Gasteiger partial charge in [-0.05, 0) is 23.8 Å². The average Bonchev–Trinajstić information content (AvgIpc) is 2.50. The molecular weight excluding hydrogens is 304 g/mol. The Bertz CT molecular complexity index is 810. The molecule has 0 unspecified atom stereocenters. The largest absolute Gasteiger partial charge is 0.497 e. The van der Waals surface area contributed by atoms with Crippen molar-refractivity contribution in [3.05, 3.63) is 58.5 Å². The van der Waals surface area contributed by atoms with Crippen molar-refractivity contribution in [2.75, 3.05) is 14.2 Å². The van der Waals surface area contributed by atoms with Gasteiger partial charge < -0.3 is 9.30 Å². The first-order valence-electron chi connectivity index (χ1n) is 6.60. The van der Waals surface area contributed by atoms with Gasteiger partial charge in [0.1, 0.15) is 5.75 Å². The van der Waals surface area contributed by atoms with E-state index in [4.69, 9.17) is 4.74 Å². The highest BCUT2D eigenvalue weighted by molar-refractivity contribution is 7.89. The van der Waals surface area contributed by atoms with Crippen molar-refractivity contribution in [1.82, 2.24) is 8.87 Å². The molecule has 2 aromatic rings. The molecule has 1 aromatic carbocycles. The van der Waals surface area contributed by atoms with Crippen LogP contribution in [0.1, 0.15) is 5.56 Å². The Hall–Kier alpha value is -2.12. The molecule has 0 N–H and O–H groups in total. The average molecular weight is 322 g/mol. The van der Waals surface area contributed by atoms with Crippen LogP contribution >= 0.6 is 0 Å². The van der Waals surface area contributed by atoms with Crippen LogP contribution in [0.4, 0.5) is 0 Å². The molecule has 0 aliphatic carbocycles. The minimum atomic E-state index is -3.65. The molecule has 0 aliphatic rings. The van der Waals surface area contributed by atoms with E-state index >= 15 is 0 Å². The Kier molecular flexibility index (Phi) is 4.68. The summed E-state index contributed by atoms with van der Waals surface area (Å²) < 4.78 is 32.6. The second-order valence-electron chi connectivity index (χ2n) is 4.92. The van der Waals surface area contributed by atoms with Gasteiger partial charge in [0.25, 0.3) is 0 Å². The van der Waals surface area contributed by atoms with Crippen LogP contribution in [-0.2, 0) is 23.6 Å². The van der Waals surface area contributed by atoms with Crippen molar-refractivity contribution in [2.45, 2.75) is 11.4 Å². The predicted molar refractivity (Wildman–Crippen MR) is 83.3 cm³/mol. The Morgan fingerprint density at radius 2 is 1.77 bits per heavy atom. The van der Waals surface area contributed by atoms with Gasteiger partial charge in [0.05, 0.1) is 12.0 Å². The number of pyridine rings is 1. The second-order valence-corrected chi connectivity index (χ2v) is 6.97. The van der Waals surface area contributed by atoms with E-state index in [1.54, 1.807) is 19.2 Å². The Morgan fingerprint density at radius 3 is 2.32 bits per heavy atom. The number of hydrogen-bond donors (Lipinski definition) is 0. The smallest absolute Gasteiger partial charge is 0.250 e. The monoisotopic (exact) mass is 322 g/mol.